The van der Waals surface area contributed by atoms with Crippen molar-refractivity contribution in [2.24, 2.45) is 0 Å². The van der Waals surface area contributed by atoms with Gasteiger partial charge in [0.1, 0.15) is 5.75 Å². The van der Waals surface area contributed by atoms with E-state index >= 15 is 0 Å². The fourth-order valence-corrected chi connectivity index (χ4v) is 4.17. The Balaban J connectivity index is 2.30. The molecule has 0 radical (unpaired) electrons. The lowest BCUT2D eigenvalue weighted by Crippen LogP contribution is -2.10. The van der Waals surface area contributed by atoms with Crippen LogP contribution in [-0.4, -0.2) is 0 Å². The number of hydrogen-bond donors (Lipinski definition) is 0. The van der Waals surface area contributed by atoms with E-state index in [0.29, 0.717) is 0 Å². The van der Waals surface area contributed by atoms with Crippen LogP contribution in [0.3, 0.4) is 0 Å². The Bertz CT molecular complexity index is 512. The van der Waals surface area contributed by atoms with Gasteiger partial charge < -0.3 is 4.52 Å². The van der Waals surface area contributed by atoms with Crippen molar-refractivity contribution < 1.29 is 4.52 Å². The van der Waals surface area contributed by atoms with Gasteiger partial charge in [-0.1, -0.05) is 36.4 Å². The van der Waals surface area contributed by atoms with Crippen LogP contribution in [-0.2, 0) is 0 Å². The molecule has 0 saturated carbocycles. The Morgan fingerprint density at radius 2 is 1.53 bits per heavy atom. The first-order chi connectivity index (χ1) is 7.36. The highest BCUT2D eigenvalue weighted by Crippen LogP contribution is 2.52. The van der Waals surface area contributed by atoms with Crippen molar-refractivity contribution in [1.29, 1.82) is 0 Å². The summed E-state index contributed by atoms with van der Waals surface area (Å²) in [4.78, 5) is 0. The first-order valence-corrected chi connectivity index (χ1v) is 7.96. The molecule has 3 heteroatoms. The van der Waals surface area contributed by atoms with Gasteiger partial charge in [0.2, 0.25) is 0 Å². The third kappa shape index (κ3) is 1.49. The number of halogens is 1. The largest absolute Gasteiger partial charge is 0.457 e. The van der Waals surface area contributed by atoms with Gasteiger partial charge in [0.25, 0.3) is 0 Å². The van der Waals surface area contributed by atoms with E-state index in [-0.39, 0.29) is 0 Å². The molecule has 1 atom stereocenters. The van der Waals surface area contributed by atoms with E-state index in [2.05, 4.69) is 39.8 Å². The molecule has 0 amide bonds. The van der Waals surface area contributed by atoms with Gasteiger partial charge in [0, 0.05) is 10.9 Å². The molecular formula is C12H8BrOP. The van der Waals surface area contributed by atoms with Crippen LogP contribution in [0.5, 0.6) is 5.75 Å². The van der Waals surface area contributed by atoms with E-state index < -0.39 is 6.85 Å². The average molecular weight is 279 g/mol. The molecule has 0 saturated heterocycles. The average Bonchev–Trinajstić information content (AvgIpc) is 2.30. The van der Waals surface area contributed by atoms with Crippen LogP contribution < -0.4 is 9.83 Å². The van der Waals surface area contributed by atoms with Crippen LogP contribution in [0.25, 0.3) is 11.1 Å². The Kier molecular flexibility index (Phi) is 2.27. The van der Waals surface area contributed by atoms with E-state index in [4.69, 9.17) is 4.52 Å². The van der Waals surface area contributed by atoms with Crippen molar-refractivity contribution in [2.45, 2.75) is 0 Å². The summed E-state index contributed by atoms with van der Waals surface area (Å²) in [5, 5.41) is 1.26. The zero-order valence-corrected chi connectivity index (χ0v) is 10.3. The summed E-state index contributed by atoms with van der Waals surface area (Å²) in [7, 11) is 0. The highest BCUT2D eigenvalue weighted by atomic mass is 79.9. The summed E-state index contributed by atoms with van der Waals surface area (Å²) >= 11 is 3.60. The molecule has 0 aliphatic carbocycles. The lowest BCUT2D eigenvalue weighted by molar-refractivity contribution is 0.635. The van der Waals surface area contributed by atoms with Crippen LogP contribution >= 0.6 is 22.3 Å². The number of para-hydroxylation sites is 1. The van der Waals surface area contributed by atoms with E-state index in [1.54, 1.807) is 0 Å². The highest BCUT2D eigenvalue weighted by Gasteiger charge is 2.23. The highest BCUT2D eigenvalue weighted by molar-refractivity contribution is 9.39. The molecule has 1 aliphatic heterocycles. The van der Waals surface area contributed by atoms with Gasteiger partial charge >= 0.3 is 0 Å². The molecule has 2 aromatic rings. The van der Waals surface area contributed by atoms with Crippen molar-refractivity contribution in [2.75, 3.05) is 0 Å². The van der Waals surface area contributed by atoms with E-state index in [1.807, 2.05) is 24.3 Å². The molecule has 0 N–H and O–H groups in total. The number of benzene rings is 2. The molecule has 0 bridgehead atoms. The first-order valence-electron chi connectivity index (χ1n) is 4.68. The number of hydrogen-bond acceptors (Lipinski definition) is 1. The molecule has 1 aliphatic rings. The Morgan fingerprint density at radius 3 is 2.40 bits per heavy atom. The quantitative estimate of drug-likeness (QED) is 0.660. The summed E-state index contributed by atoms with van der Waals surface area (Å²) in [6, 6.07) is 16.5. The zero-order chi connectivity index (χ0) is 10.3. The van der Waals surface area contributed by atoms with Gasteiger partial charge in [-0.05, 0) is 33.2 Å². The van der Waals surface area contributed by atoms with Crippen LogP contribution in [0, 0.1) is 0 Å². The second-order valence-electron chi connectivity index (χ2n) is 3.35. The Morgan fingerprint density at radius 1 is 0.867 bits per heavy atom. The summed E-state index contributed by atoms with van der Waals surface area (Å²) in [5.41, 5.74) is 2.47. The monoisotopic (exact) mass is 278 g/mol. The van der Waals surface area contributed by atoms with Gasteiger partial charge in [-0.2, -0.15) is 0 Å². The molecule has 15 heavy (non-hydrogen) atoms. The fraction of sp³-hybridized carbons (Fsp3) is 0. The van der Waals surface area contributed by atoms with Gasteiger partial charge in [0.05, 0.1) is 0 Å². The van der Waals surface area contributed by atoms with Crippen LogP contribution in [0.15, 0.2) is 48.5 Å². The molecule has 3 rings (SSSR count). The smallest absolute Gasteiger partial charge is 0.189 e. The molecule has 74 valence electrons. The summed E-state index contributed by atoms with van der Waals surface area (Å²) < 4.78 is 5.84. The van der Waals surface area contributed by atoms with Gasteiger partial charge in [-0.15, -0.1) is 0 Å². The maximum Gasteiger partial charge on any atom is 0.189 e. The van der Waals surface area contributed by atoms with E-state index in [9.17, 15) is 0 Å². The van der Waals surface area contributed by atoms with Crippen molar-refractivity contribution in [3.05, 3.63) is 48.5 Å². The van der Waals surface area contributed by atoms with Gasteiger partial charge in [-0.25, -0.2) is 0 Å². The topological polar surface area (TPSA) is 9.23 Å². The van der Waals surface area contributed by atoms with Crippen LogP contribution in [0.1, 0.15) is 0 Å². The lowest BCUT2D eigenvalue weighted by atomic mass is 10.0. The first kappa shape index (κ1) is 9.38. The molecule has 0 fully saturated rings. The number of fused-ring (bicyclic) bond motifs is 3. The molecule has 1 nitrogen and oxygen atoms in total. The van der Waals surface area contributed by atoms with Crippen LogP contribution in [0.4, 0.5) is 0 Å². The van der Waals surface area contributed by atoms with Gasteiger partial charge in [-0.3, -0.25) is 0 Å². The van der Waals surface area contributed by atoms with Gasteiger partial charge in [0.15, 0.2) is 6.85 Å². The summed E-state index contributed by atoms with van der Waals surface area (Å²) in [5.74, 6) is 0.971. The normalized spacial score (nSPS) is 17.5. The molecule has 1 heterocycles. The maximum absolute atomic E-state index is 5.84. The Labute approximate surface area is 97.7 Å². The predicted octanol–water partition coefficient (Wildman–Crippen LogP) is 4.08. The molecular weight excluding hydrogens is 271 g/mol. The van der Waals surface area contributed by atoms with E-state index in [1.165, 1.54) is 16.4 Å². The molecule has 0 spiro atoms. The minimum atomic E-state index is -0.682. The maximum atomic E-state index is 5.84. The number of rotatable bonds is 0. The van der Waals surface area contributed by atoms with Crippen molar-refractivity contribution in [1.82, 2.24) is 0 Å². The lowest BCUT2D eigenvalue weighted by Gasteiger charge is -2.23. The summed E-state index contributed by atoms with van der Waals surface area (Å²) in [6.45, 7) is -0.682. The second-order valence-corrected chi connectivity index (χ2v) is 6.44. The standard InChI is InChI=1S/C12H8BrOP/c13-15-12-8-4-2-6-10(12)9-5-1-3-7-11(9)14-15/h1-8H. The van der Waals surface area contributed by atoms with Crippen molar-refractivity contribution >= 4 is 27.6 Å². The predicted molar refractivity (Wildman–Crippen MR) is 68.0 cm³/mol. The van der Waals surface area contributed by atoms with E-state index in [0.717, 1.165) is 5.75 Å². The van der Waals surface area contributed by atoms with Crippen molar-refractivity contribution in [3.8, 4) is 16.9 Å². The minimum Gasteiger partial charge on any atom is -0.457 e. The van der Waals surface area contributed by atoms with Crippen LogP contribution in [0.2, 0.25) is 0 Å². The van der Waals surface area contributed by atoms with Crippen molar-refractivity contribution in [3.63, 3.8) is 0 Å². The second kappa shape index (κ2) is 3.62. The molecule has 2 aromatic carbocycles. The molecule has 1 unspecified atom stereocenters. The zero-order valence-electron chi connectivity index (χ0n) is 7.85. The third-order valence-electron chi connectivity index (χ3n) is 2.45. The Hall–Kier alpha value is -0.850. The minimum absolute atomic E-state index is 0.682. The third-order valence-corrected chi connectivity index (χ3v) is 5.16. The summed E-state index contributed by atoms with van der Waals surface area (Å²) in [6.07, 6.45) is 0. The SMILES string of the molecule is BrP1Oc2ccccc2-c2ccccc21. The molecule has 0 aromatic heterocycles. The fourth-order valence-electron chi connectivity index (χ4n) is 1.76.